The van der Waals surface area contributed by atoms with Gasteiger partial charge in [0.2, 0.25) is 5.91 Å². The maximum absolute atomic E-state index is 12.7. The second-order valence-corrected chi connectivity index (χ2v) is 6.65. The number of anilines is 1. The Morgan fingerprint density at radius 2 is 2.11 bits per heavy atom. The van der Waals surface area contributed by atoms with Crippen molar-refractivity contribution in [3.05, 3.63) is 35.9 Å². The van der Waals surface area contributed by atoms with Gasteiger partial charge in [-0.25, -0.2) is 0 Å². The summed E-state index contributed by atoms with van der Waals surface area (Å²) >= 11 is 6.10. The normalized spacial score (nSPS) is 14.7. The number of carbonyl (C=O) groups excluding carboxylic acids is 1. The number of hydrazone groups is 1. The molecular formula is C20H28ClN5O2. The quantitative estimate of drug-likeness (QED) is 0.360. The van der Waals surface area contributed by atoms with E-state index >= 15 is 0 Å². The highest BCUT2D eigenvalue weighted by molar-refractivity contribution is 6.32. The fraction of sp³-hybridized carbons (Fsp3) is 0.450. The molecule has 0 aromatic heterocycles. The lowest BCUT2D eigenvalue weighted by Gasteiger charge is -2.36. The summed E-state index contributed by atoms with van der Waals surface area (Å²) < 4.78 is 5.29. The molecule has 0 radical (unpaired) electrons. The molecule has 1 saturated heterocycles. The van der Waals surface area contributed by atoms with Crippen molar-refractivity contribution in [1.82, 2.24) is 9.91 Å². The van der Waals surface area contributed by atoms with Gasteiger partial charge in [0, 0.05) is 44.1 Å². The second kappa shape index (κ2) is 11.3. The fourth-order valence-corrected chi connectivity index (χ4v) is 3.12. The summed E-state index contributed by atoms with van der Waals surface area (Å²) in [7, 11) is 1.60. The molecule has 8 heteroatoms. The van der Waals surface area contributed by atoms with Crippen molar-refractivity contribution in [2.45, 2.75) is 6.92 Å². The van der Waals surface area contributed by atoms with E-state index in [1.54, 1.807) is 30.6 Å². The number of carbonyl (C=O) groups is 1. The minimum Gasteiger partial charge on any atom is -0.495 e. The summed E-state index contributed by atoms with van der Waals surface area (Å²) in [5.74, 6) is 0.717. The third-order valence-corrected chi connectivity index (χ3v) is 4.72. The Labute approximate surface area is 171 Å². The summed E-state index contributed by atoms with van der Waals surface area (Å²) in [6.45, 7) is 9.68. The Morgan fingerprint density at radius 3 is 2.75 bits per heavy atom. The van der Waals surface area contributed by atoms with Gasteiger partial charge in [-0.15, -0.1) is 6.58 Å². The first-order valence-corrected chi connectivity index (χ1v) is 9.65. The van der Waals surface area contributed by atoms with E-state index in [0.717, 1.165) is 18.8 Å². The van der Waals surface area contributed by atoms with Gasteiger partial charge in [-0.2, -0.15) is 5.10 Å². The molecule has 0 unspecified atom stereocenters. The van der Waals surface area contributed by atoms with E-state index in [9.17, 15) is 4.79 Å². The van der Waals surface area contributed by atoms with Crippen LogP contribution in [0.4, 0.5) is 5.69 Å². The molecule has 0 N–H and O–H groups in total. The van der Waals surface area contributed by atoms with Gasteiger partial charge in [0.05, 0.1) is 25.2 Å². The predicted octanol–water partition coefficient (Wildman–Crippen LogP) is 2.56. The molecule has 1 aromatic rings. The van der Waals surface area contributed by atoms with Crippen LogP contribution in [-0.2, 0) is 4.79 Å². The lowest BCUT2D eigenvalue weighted by molar-refractivity contribution is -0.132. The number of amides is 1. The maximum atomic E-state index is 12.7. The van der Waals surface area contributed by atoms with Crippen LogP contribution in [-0.4, -0.2) is 81.2 Å². The van der Waals surface area contributed by atoms with Crippen molar-refractivity contribution in [2.75, 3.05) is 57.8 Å². The largest absolute Gasteiger partial charge is 0.495 e. The van der Waals surface area contributed by atoms with Crippen molar-refractivity contribution in [2.24, 2.45) is 10.1 Å². The molecule has 2 rings (SSSR count). The average Bonchev–Trinajstić information content (AvgIpc) is 2.71. The Kier molecular flexibility index (Phi) is 8.81. The summed E-state index contributed by atoms with van der Waals surface area (Å²) in [6, 6.07) is 5.74. The number of piperazine rings is 1. The van der Waals surface area contributed by atoms with Gasteiger partial charge in [-0.1, -0.05) is 17.7 Å². The number of benzene rings is 1. The summed E-state index contributed by atoms with van der Waals surface area (Å²) in [5, 5.41) is 6.61. The molecule has 1 fully saturated rings. The number of aliphatic imine (C=N–C) groups is 1. The van der Waals surface area contributed by atoms with E-state index in [2.05, 4.69) is 21.6 Å². The topological polar surface area (TPSA) is 60.7 Å². The monoisotopic (exact) mass is 405 g/mol. The number of rotatable bonds is 9. The molecule has 0 saturated carbocycles. The highest BCUT2D eigenvalue weighted by Crippen LogP contribution is 2.29. The van der Waals surface area contributed by atoms with Crippen LogP contribution in [0.3, 0.4) is 0 Å². The summed E-state index contributed by atoms with van der Waals surface area (Å²) in [4.78, 5) is 20.8. The van der Waals surface area contributed by atoms with Crippen LogP contribution >= 0.6 is 11.6 Å². The molecular weight excluding hydrogens is 378 g/mol. The van der Waals surface area contributed by atoms with Gasteiger partial charge in [0.15, 0.2) is 0 Å². The predicted molar refractivity (Wildman–Crippen MR) is 116 cm³/mol. The summed E-state index contributed by atoms with van der Waals surface area (Å²) in [5.41, 5.74) is 1.04. The first-order chi connectivity index (χ1) is 13.6. The van der Waals surface area contributed by atoms with Gasteiger partial charge in [0.1, 0.15) is 12.3 Å². The van der Waals surface area contributed by atoms with Crippen LogP contribution in [0.2, 0.25) is 5.02 Å². The zero-order chi connectivity index (χ0) is 20.4. The van der Waals surface area contributed by atoms with Crippen LogP contribution in [0.25, 0.3) is 0 Å². The zero-order valence-corrected chi connectivity index (χ0v) is 17.3. The number of hydrogen-bond acceptors (Lipinski definition) is 6. The lowest BCUT2D eigenvalue weighted by atomic mass is 10.2. The molecule has 152 valence electrons. The first kappa shape index (κ1) is 21.8. The molecule has 0 aliphatic carbocycles. The fourth-order valence-electron chi connectivity index (χ4n) is 2.92. The minimum absolute atomic E-state index is 0.0614. The molecule has 1 aromatic carbocycles. The number of methoxy groups -OCH3 is 1. The van der Waals surface area contributed by atoms with E-state index in [1.165, 1.54) is 0 Å². The molecule has 28 heavy (non-hydrogen) atoms. The van der Waals surface area contributed by atoms with Crippen LogP contribution in [0.5, 0.6) is 5.75 Å². The Morgan fingerprint density at radius 1 is 1.36 bits per heavy atom. The van der Waals surface area contributed by atoms with Crippen molar-refractivity contribution >= 4 is 35.6 Å². The molecule has 0 spiro atoms. The van der Waals surface area contributed by atoms with E-state index in [1.807, 2.05) is 30.0 Å². The number of nitrogens with zero attached hydrogens (tertiary/aromatic N) is 5. The smallest absolute Gasteiger partial charge is 0.243 e. The Hall–Kier alpha value is -2.54. The zero-order valence-electron chi connectivity index (χ0n) is 16.6. The number of halogens is 1. The van der Waals surface area contributed by atoms with Crippen molar-refractivity contribution in [3.63, 3.8) is 0 Å². The molecule has 0 atom stereocenters. The van der Waals surface area contributed by atoms with E-state index < -0.39 is 0 Å². The molecule has 7 nitrogen and oxygen atoms in total. The van der Waals surface area contributed by atoms with Crippen molar-refractivity contribution in [1.29, 1.82) is 0 Å². The first-order valence-electron chi connectivity index (χ1n) is 9.28. The SMILES string of the molecule is C=CCN(CC(=O)N1CCN(c2ccc(Cl)c(OC)c2)CC1)/N=C\CN=CC. The third kappa shape index (κ3) is 6.27. The van der Waals surface area contributed by atoms with E-state index in [0.29, 0.717) is 37.0 Å². The van der Waals surface area contributed by atoms with Gasteiger partial charge in [-0.05, 0) is 25.3 Å². The third-order valence-electron chi connectivity index (χ3n) is 4.40. The lowest BCUT2D eigenvalue weighted by Crippen LogP contribution is -2.51. The molecule has 0 bridgehead atoms. The number of ether oxygens (including phenoxy) is 1. The Balaban J connectivity index is 1.89. The molecule has 1 amide bonds. The van der Waals surface area contributed by atoms with Crippen LogP contribution < -0.4 is 9.64 Å². The second-order valence-electron chi connectivity index (χ2n) is 6.24. The highest BCUT2D eigenvalue weighted by Gasteiger charge is 2.23. The number of hydrogen-bond donors (Lipinski definition) is 0. The minimum atomic E-state index is 0.0614. The van der Waals surface area contributed by atoms with Crippen LogP contribution in [0.1, 0.15) is 6.92 Å². The van der Waals surface area contributed by atoms with E-state index in [4.69, 9.17) is 16.3 Å². The highest BCUT2D eigenvalue weighted by atomic mass is 35.5. The molecule has 1 heterocycles. The van der Waals surface area contributed by atoms with Gasteiger partial charge in [0.25, 0.3) is 0 Å². The molecule has 1 aliphatic heterocycles. The summed E-state index contributed by atoms with van der Waals surface area (Å²) in [6.07, 6.45) is 5.16. The van der Waals surface area contributed by atoms with Gasteiger partial charge in [-0.3, -0.25) is 14.8 Å². The van der Waals surface area contributed by atoms with Gasteiger partial charge >= 0.3 is 0 Å². The van der Waals surface area contributed by atoms with Crippen molar-refractivity contribution in [3.8, 4) is 5.75 Å². The van der Waals surface area contributed by atoms with Gasteiger partial charge < -0.3 is 14.5 Å². The molecule has 1 aliphatic rings. The Bertz CT molecular complexity index is 715. The van der Waals surface area contributed by atoms with E-state index in [-0.39, 0.29) is 12.5 Å². The maximum Gasteiger partial charge on any atom is 0.243 e. The average molecular weight is 406 g/mol. The van der Waals surface area contributed by atoms with Crippen LogP contribution in [0.15, 0.2) is 40.9 Å². The standard InChI is InChI=1S/C20H28ClN5O2/c1-4-10-26(23-9-8-22-5-2)16-20(27)25-13-11-24(12-14-25)17-6-7-18(21)19(15-17)28-3/h4-7,9,15H,1,8,10-14,16H2,2-3H3/b22-5?,23-9-. The van der Waals surface area contributed by atoms with Crippen LogP contribution in [0, 0.1) is 0 Å². The van der Waals surface area contributed by atoms with Crippen molar-refractivity contribution < 1.29 is 9.53 Å².